The van der Waals surface area contributed by atoms with E-state index in [0.29, 0.717) is 15.4 Å². The highest BCUT2D eigenvalue weighted by atomic mass is 79.9. The fraction of sp³-hybridized carbons (Fsp3) is 0.0769. The summed E-state index contributed by atoms with van der Waals surface area (Å²) in [6.45, 7) is 0. The van der Waals surface area contributed by atoms with Crippen LogP contribution in [-0.2, 0) is 0 Å². The molecular formula is C13H6BrF2NOS. The van der Waals surface area contributed by atoms with Gasteiger partial charge in [-0.25, -0.2) is 8.78 Å². The van der Waals surface area contributed by atoms with Crippen LogP contribution >= 0.6 is 27.3 Å². The van der Waals surface area contributed by atoms with Gasteiger partial charge in [-0.3, -0.25) is 4.79 Å². The number of halogens is 3. The summed E-state index contributed by atoms with van der Waals surface area (Å²) in [7, 11) is 0. The van der Waals surface area contributed by atoms with E-state index < -0.39 is 23.3 Å². The predicted molar refractivity (Wildman–Crippen MR) is 71.1 cm³/mol. The molecule has 0 amide bonds. The summed E-state index contributed by atoms with van der Waals surface area (Å²) < 4.78 is 27.0. The molecule has 1 heterocycles. The SMILES string of the molecule is N#CC(C(=O)c1sccc1Br)c1ccc(F)cc1F. The quantitative estimate of drug-likeness (QED) is 0.782. The first kappa shape index (κ1) is 13.8. The van der Waals surface area contributed by atoms with Crippen molar-refractivity contribution in [1.82, 2.24) is 0 Å². The van der Waals surface area contributed by atoms with E-state index in [2.05, 4.69) is 15.9 Å². The second-order valence-corrected chi connectivity index (χ2v) is 5.46. The van der Waals surface area contributed by atoms with Crippen molar-refractivity contribution in [3.8, 4) is 6.07 Å². The summed E-state index contributed by atoms with van der Waals surface area (Å²) in [5.74, 6) is -3.43. The lowest BCUT2D eigenvalue weighted by molar-refractivity contribution is 0.0980. The van der Waals surface area contributed by atoms with E-state index in [1.165, 1.54) is 0 Å². The van der Waals surface area contributed by atoms with Crippen LogP contribution < -0.4 is 0 Å². The van der Waals surface area contributed by atoms with Gasteiger partial charge in [-0.1, -0.05) is 6.07 Å². The third-order valence-corrected chi connectivity index (χ3v) is 4.36. The van der Waals surface area contributed by atoms with Gasteiger partial charge < -0.3 is 0 Å². The number of ketones is 1. The van der Waals surface area contributed by atoms with E-state index >= 15 is 0 Å². The van der Waals surface area contributed by atoms with Gasteiger partial charge in [-0.2, -0.15) is 5.26 Å². The monoisotopic (exact) mass is 341 g/mol. The van der Waals surface area contributed by atoms with Crippen molar-refractivity contribution in [1.29, 1.82) is 5.26 Å². The summed E-state index contributed by atoms with van der Waals surface area (Å²) in [6.07, 6.45) is 0. The van der Waals surface area contributed by atoms with E-state index in [0.717, 1.165) is 23.5 Å². The maximum Gasteiger partial charge on any atom is 0.195 e. The molecule has 0 spiro atoms. The minimum atomic E-state index is -1.28. The molecule has 0 fully saturated rings. The Bertz CT molecular complexity index is 678. The van der Waals surface area contributed by atoms with Crippen LogP contribution in [0, 0.1) is 23.0 Å². The summed E-state index contributed by atoms with van der Waals surface area (Å²) >= 11 is 4.35. The second kappa shape index (κ2) is 5.59. The highest BCUT2D eigenvalue weighted by Crippen LogP contribution is 2.30. The van der Waals surface area contributed by atoms with Crippen LogP contribution in [0.1, 0.15) is 21.2 Å². The molecule has 1 atom stereocenters. The van der Waals surface area contributed by atoms with Crippen LogP contribution in [-0.4, -0.2) is 5.78 Å². The van der Waals surface area contributed by atoms with Crippen molar-refractivity contribution in [2.24, 2.45) is 0 Å². The molecule has 19 heavy (non-hydrogen) atoms. The number of thiophene rings is 1. The summed E-state index contributed by atoms with van der Waals surface area (Å²) in [5, 5.41) is 10.8. The zero-order valence-corrected chi connectivity index (χ0v) is 11.8. The molecule has 0 radical (unpaired) electrons. The van der Waals surface area contributed by atoms with Crippen molar-refractivity contribution in [2.75, 3.05) is 0 Å². The van der Waals surface area contributed by atoms with Crippen molar-refractivity contribution in [2.45, 2.75) is 5.92 Å². The van der Waals surface area contributed by atoms with Crippen molar-refractivity contribution < 1.29 is 13.6 Å². The van der Waals surface area contributed by atoms with Crippen LogP contribution in [0.15, 0.2) is 34.1 Å². The van der Waals surface area contributed by atoms with Crippen LogP contribution in [0.2, 0.25) is 0 Å². The lowest BCUT2D eigenvalue weighted by Gasteiger charge is -2.09. The Kier molecular flexibility index (Phi) is 4.08. The standard InChI is InChI=1S/C13H6BrF2NOS/c14-10-3-4-19-13(10)12(18)9(6-17)8-2-1-7(15)5-11(8)16/h1-5,9H. The van der Waals surface area contributed by atoms with Gasteiger partial charge in [0.25, 0.3) is 0 Å². The number of hydrogen-bond acceptors (Lipinski definition) is 3. The molecule has 1 aromatic heterocycles. The van der Waals surface area contributed by atoms with Crippen molar-refractivity contribution in [3.63, 3.8) is 0 Å². The molecule has 0 saturated heterocycles. The van der Waals surface area contributed by atoms with E-state index in [-0.39, 0.29) is 5.56 Å². The Labute approximate surface area is 120 Å². The number of nitriles is 1. The number of benzene rings is 1. The minimum absolute atomic E-state index is 0.116. The molecule has 0 aliphatic carbocycles. The first-order valence-corrected chi connectivity index (χ1v) is 6.83. The number of Topliss-reactive ketones (excluding diaryl/α,β-unsaturated/α-hetero) is 1. The molecule has 0 bridgehead atoms. The van der Waals surface area contributed by atoms with E-state index in [9.17, 15) is 13.6 Å². The van der Waals surface area contributed by atoms with Crippen LogP contribution in [0.3, 0.4) is 0 Å². The maximum atomic E-state index is 13.6. The molecule has 1 unspecified atom stereocenters. The molecule has 0 saturated carbocycles. The molecule has 0 N–H and O–H groups in total. The van der Waals surface area contributed by atoms with Gasteiger partial charge in [0.2, 0.25) is 0 Å². The fourth-order valence-electron chi connectivity index (χ4n) is 1.61. The third-order valence-electron chi connectivity index (χ3n) is 2.51. The average Bonchev–Trinajstić information content (AvgIpc) is 2.78. The van der Waals surface area contributed by atoms with E-state index in [1.54, 1.807) is 17.5 Å². The summed E-state index contributed by atoms with van der Waals surface area (Å²) in [4.78, 5) is 12.5. The lowest BCUT2D eigenvalue weighted by atomic mass is 9.95. The Balaban J connectivity index is 2.44. The van der Waals surface area contributed by atoms with Crippen LogP contribution in [0.25, 0.3) is 0 Å². The van der Waals surface area contributed by atoms with Gasteiger partial charge in [0.1, 0.15) is 17.6 Å². The van der Waals surface area contributed by atoms with Gasteiger partial charge in [0, 0.05) is 16.1 Å². The third kappa shape index (κ3) is 2.72. The molecule has 0 aliphatic rings. The number of hydrogen-bond donors (Lipinski definition) is 0. The molecule has 6 heteroatoms. The second-order valence-electron chi connectivity index (χ2n) is 3.69. The largest absolute Gasteiger partial charge is 0.291 e. The van der Waals surface area contributed by atoms with Gasteiger partial charge in [0.15, 0.2) is 5.78 Å². The predicted octanol–water partition coefficient (Wildman–Crippen LogP) is 4.28. The molecular weight excluding hydrogens is 336 g/mol. The molecule has 0 aliphatic heterocycles. The number of rotatable bonds is 3. The van der Waals surface area contributed by atoms with Gasteiger partial charge in [-0.15, -0.1) is 11.3 Å². The highest BCUT2D eigenvalue weighted by Gasteiger charge is 2.27. The molecule has 2 nitrogen and oxygen atoms in total. The molecule has 2 aromatic rings. The first-order valence-electron chi connectivity index (χ1n) is 5.16. The van der Waals surface area contributed by atoms with E-state index in [4.69, 9.17) is 5.26 Å². The Morgan fingerprint density at radius 1 is 1.37 bits per heavy atom. The molecule has 1 aromatic carbocycles. The highest BCUT2D eigenvalue weighted by molar-refractivity contribution is 9.10. The van der Waals surface area contributed by atoms with Crippen molar-refractivity contribution in [3.05, 3.63) is 56.2 Å². The number of carbonyl (C=O) groups is 1. The Hall–Kier alpha value is -1.58. The molecule has 96 valence electrons. The van der Waals surface area contributed by atoms with E-state index in [1.807, 2.05) is 0 Å². The Morgan fingerprint density at radius 2 is 2.11 bits per heavy atom. The summed E-state index contributed by atoms with van der Waals surface area (Å²) in [5.41, 5.74) is -0.116. The topological polar surface area (TPSA) is 40.9 Å². The van der Waals surface area contributed by atoms with Gasteiger partial charge in [-0.05, 0) is 33.4 Å². The summed E-state index contributed by atoms with van der Waals surface area (Å²) in [6, 6.07) is 6.26. The lowest BCUT2D eigenvalue weighted by Crippen LogP contribution is -2.12. The normalized spacial score (nSPS) is 11.9. The zero-order chi connectivity index (χ0) is 14.0. The van der Waals surface area contributed by atoms with Crippen LogP contribution in [0.5, 0.6) is 0 Å². The Morgan fingerprint density at radius 3 is 2.63 bits per heavy atom. The number of carbonyl (C=O) groups excluding carboxylic acids is 1. The molecule has 2 rings (SSSR count). The minimum Gasteiger partial charge on any atom is -0.291 e. The smallest absolute Gasteiger partial charge is 0.195 e. The van der Waals surface area contributed by atoms with Crippen molar-refractivity contribution >= 4 is 33.0 Å². The average molecular weight is 342 g/mol. The zero-order valence-electron chi connectivity index (χ0n) is 9.36. The van der Waals surface area contributed by atoms with Crippen LogP contribution in [0.4, 0.5) is 8.78 Å². The van der Waals surface area contributed by atoms with Gasteiger partial charge in [0.05, 0.1) is 10.9 Å². The maximum absolute atomic E-state index is 13.6. The number of nitrogens with zero attached hydrogens (tertiary/aromatic N) is 1. The van der Waals surface area contributed by atoms with Gasteiger partial charge >= 0.3 is 0 Å². The fourth-order valence-corrected chi connectivity index (χ4v) is 3.14. The first-order chi connectivity index (χ1) is 9.04.